The van der Waals surface area contributed by atoms with Gasteiger partial charge in [-0.05, 0) is 36.1 Å². The molecule has 1 fully saturated rings. The van der Waals surface area contributed by atoms with Crippen molar-refractivity contribution in [2.45, 2.75) is 24.2 Å². The number of carboxylic acid groups (broad SMARTS) is 1. The minimum Gasteiger partial charge on any atom is -0.481 e. The molecule has 1 saturated carbocycles. The molecular formula is C18H18N2O3. The topological polar surface area (TPSA) is 92.4 Å². The van der Waals surface area contributed by atoms with Crippen LogP contribution in [0.1, 0.15) is 29.9 Å². The predicted molar refractivity (Wildman–Crippen MR) is 87.4 cm³/mol. The van der Waals surface area contributed by atoms with Gasteiger partial charge in [0.1, 0.15) is 0 Å². The smallest absolute Gasteiger partial charge is 0.316 e. The van der Waals surface area contributed by atoms with Crippen LogP contribution in [0.25, 0.3) is 0 Å². The lowest BCUT2D eigenvalue weighted by atomic mass is 9.54. The van der Waals surface area contributed by atoms with Gasteiger partial charge >= 0.3 is 12.0 Å². The van der Waals surface area contributed by atoms with E-state index >= 15 is 0 Å². The molecule has 0 bridgehead atoms. The lowest BCUT2D eigenvalue weighted by molar-refractivity contribution is -0.148. The van der Waals surface area contributed by atoms with E-state index in [0.29, 0.717) is 12.1 Å². The highest BCUT2D eigenvalue weighted by Gasteiger charge is 2.54. The van der Waals surface area contributed by atoms with Crippen LogP contribution in [-0.2, 0) is 10.2 Å². The Hall–Kier alpha value is -2.82. The predicted octanol–water partition coefficient (Wildman–Crippen LogP) is 3.08. The first-order valence-corrected chi connectivity index (χ1v) is 7.49. The second-order valence-corrected chi connectivity index (χ2v) is 5.85. The number of carbonyl (C=O) groups is 2. The Kier molecular flexibility index (Phi) is 3.78. The molecule has 3 rings (SSSR count). The molecule has 0 spiro atoms. The summed E-state index contributed by atoms with van der Waals surface area (Å²) in [6.45, 7) is 0. The largest absolute Gasteiger partial charge is 0.481 e. The van der Waals surface area contributed by atoms with E-state index in [1.54, 1.807) is 24.3 Å². The fourth-order valence-electron chi connectivity index (χ4n) is 3.43. The lowest BCUT2D eigenvalue weighted by Crippen LogP contribution is -2.49. The molecule has 4 N–H and O–H groups in total. The Balaban J connectivity index is 1.96. The summed E-state index contributed by atoms with van der Waals surface area (Å²) in [5.41, 5.74) is 6.52. The molecule has 0 radical (unpaired) electrons. The van der Waals surface area contributed by atoms with E-state index in [-0.39, 0.29) is 5.92 Å². The zero-order chi connectivity index (χ0) is 16.4. The van der Waals surface area contributed by atoms with Crippen molar-refractivity contribution in [2.24, 2.45) is 5.73 Å². The van der Waals surface area contributed by atoms with E-state index in [1.165, 1.54) is 0 Å². The molecule has 5 nitrogen and oxygen atoms in total. The number of amides is 2. The Morgan fingerprint density at radius 1 is 1.09 bits per heavy atom. The van der Waals surface area contributed by atoms with Gasteiger partial charge in [-0.3, -0.25) is 4.79 Å². The number of carboxylic acids is 1. The maximum Gasteiger partial charge on any atom is 0.316 e. The first-order chi connectivity index (χ1) is 11.0. The summed E-state index contributed by atoms with van der Waals surface area (Å²) in [5.74, 6) is -0.857. The summed E-state index contributed by atoms with van der Waals surface area (Å²) in [5, 5.41) is 12.4. The van der Waals surface area contributed by atoms with Crippen molar-refractivity contribution in [3.05, 3.63) is 65.7 Å². The Morgan fingerprint density at radius 2 is 1.74 bits per heavy atom. The van der Waals surface area contributed by atoms with Crippen LogP contribution in [-0.4, -0.2) is 17.1 Å². The van der Waals surface area contributed by atoms with Gasteiger partial charge in [0.15, 0.2) is 0 Å². The maximum absolute atomic E-state index is 12.1. The molecule has 23 heavy (non-hydrogen) atoms. The Labute approximate surface area is 134 Å². The quantitative estimate of drug-likeness (QED) is 0.810. The van der Waals surface area contributed by atoms with Gasteiger partial charge in [0.05, 0.1) is 5.41 Å². The van der Waals surface area contributed by atoms with E-state index in [0.717, 1.165) is 17.5 Å². The molecule has 1 aliphatic rings. The van der Waals surface area contributed by atoms with Crippen LogP contribution in [0.2, 0.25) is 0 Å². The average molecular weight is 310 g/mol. The van der Waals surface area contributed by atoms with E-state index < -0.39 is 17.4 Å². The summed E-state index contributed by atoms with van der Waals surface area (Å²) >= 11 is 0. The first kappa shape index (κ1) is 15.1. The van der Waals surface area contributed by atoms with Crippen molar-refractivity contribution in [2.75, 3.05) is 5.32 Å². The molecule has 2 aromatic rings. The number of nitrogens with two attached hydrogens (primary N) is 1. The van der Waals surface area contributed by atoms with Crippen LogP contribution in [0.4, 0.5) is 10.5 Å². The van der Waals surface area contributed by atoms with Crippen molar-refractivity contribution in [1.82, 2.24) is 0 Å². The zero-order valence-corrected chi connectivity index (χ0v) is 12.5. The third kappa shape index (κ3) is 2.54. The van der Waals surface area contributed by atoms with Gasteiger partial charge in [0.25, 0.3) is 0 Å². The van der Waals surface area contributed by atoms with Gasteiger partial charge in [-0.2, -0.15) is 0 Å². The fraction of sp³-hybridized carbons (Fsp3) is 0.222. The van der Waals surface area contributed by atoms with Gasteiger partial charge in [-0.1, -0.05) is 42.5 Å². The monoisotopic (exact) mass is 310 g/mol. The number of hydrogen-bond donors (Lipinski definition) is 3. The average Bonchev–Trinajstić information content (AvgIpc) is 2.48. The molecule has 0 heterocycles. The van der Waals surface area contributed by atoms with Gasteiger partial charge in [-0.15, -0.1) is 0 Å². The Bertz CT molecular complexity index is 728. The summed E-state index contributed by atoms with van der Waals surface area (Å²) in [6, 6.07) is 16.0. The minimum atomic E-state index is -0.910. The number of rotatable bonds is 4. The molecule has 2 amide bonds. The molecule has 2 aromatic carbocycles. The molecule has 2 atom stereocenters. The van der Waals surface area contributed by atoms with E-state index in [4.69, 9.17) is 5.73 Å². The van der Waals surface area contributed by atoms with Gasteiger partial charge in [-0.25, -0.2) is 4.79 Å². The van der Waals surface area contributed by atoms with Crippen molar-refractivity contribution in [3.8, 4) is 0 Å². The van der Waals surface area contributed by atoms with Gasteiger partial charge < -0.3 is 16.2 Å². The summed E-state index contributed by atoms with van der Waals surface area (Å²) in [6.07, 6.45) is 1.45. The van der Waals surface area contributed by atoms with E-state index in [9.17, 15) is 14.7 Å². The molecular weight excluding hydrogens is 292 g/mol. The minimum absolute atomic E-state index is 0.0452. The summed E-state index contributed by atoms with van der Waals surface area (Å²) in [4.78, 5) is 22.9. The van der Waals surface area contributed by atoms with Crippen molar-refractivity contribution >= 4 is 17.7 Å². The summed E-state index contributed by atoms with van der Waals surface area (Å²) in [7, 11) is 0. The third-order valence-electron chi connectivity index (χ3n) is 4.67. The molecule has 118 valence electrons. The molecule has 0 aliphatic heterocycles. The Morgan fingerprint density at radius 3 is 2.22 bits per heavy atom. The number of carbonyl (C=O) groups excluding carboxylic acids is 1. The molecule has 2 unspecified atom stereocenters. The van der Waals surface area contributed by atoms with E-state index in [2.05, 4.69) is 5.32 Å². The van der Waals surface area contributed by atoms with Crippen LogP contribution in [0.15, 0.2) is 54.6 Å². The third-order valence-corrected chi connectivity index (χ3v) is 4.67. The number of nitrogens with one attached hydrogen (secondary N) is 1. The highest BCUT2D eigenvalue weighted by Crippen LogP contribution is 2.54. The van der Waals surface area contributed by atoms with Crippen molar-refractivity contribution in [1.29, 1.82) is 0 Å². The molecule has 1 aliphatic carbocycles. The molecule has 0 aromatic heterocycles. The lowest BCUT2D eigenvalue weighted by Gasteiger charge is -2.47. The van der Waals surface area contributed by atoms with Crippen LogP contribution in [0.5, 0.6) is 0 Å². The second-order valence-electron chi connectivity index (χ2n) is 5.85. The molecule has 5 heteroatoms. The van der Waals surface area contributed by atoms with Crippen LogP contribution in [0.3, 0.4) is 0 Å². The summed E-state index contributed by atoms with van der Waals surface area (Å²) < 4.78 is 0. The van der Waals surface area contributed by atoms with Crippen LogP contribution < -0.4 is 11.1 Å². The van der Waals surface area contributed by atoms with Gasteiger partial charge in [0.2, 0.25) is 0 Å². The van der Waals surface area contributed by atoms with Crippen molar-refractivity contribution < 1.29 is 14.7 Å². The van der Waals surface area contributed by atoms with E-state index in [1.807, 2.05) is 30.3 Å². The maximum atomic E-state index is 12.1. The number of primary amides is 1. The van der Waals surface area contributed by atoms with Crippen LogP contribution in [0, 0.1) is 0 Å². The SMILES string of the molecule is NC(=O)Nc1ccc(C2(C(=O)O)CCC2c2ccccc2)cc1. The highest BCUT2D eigenvalue weighted by molar-refractivity contribution is 5.88. The number of urea groups is 1. The van der Waals surface area contributed by atoms with Gasteiger partial charge in [0, 0.05) is 11.6 Å². The second kappa shape index (κ2) is 5.76. The number of benzene rings is 2. The van der Waals surface area contributed by atoms with Crippen LogP contribution >= 0.6 is 0 Å². The highest BCUT2D eigenvalue weighted by atomic mass is 16.4. The van der Waals surface area contributed by atoms with Crippen molar-refractivity contribution in [3.63, 3.8) is 0 Å². The normalized spacial score (nSPS) is 22.9. The first-order valence-electron chi connectivity index (χ1n) is 7.49. The zero-order valence-electron chi connectivity index (χ0n) is 12.5. The molecule has 0 saturated heterocycles. The number of anilines is 1. The number of aliphatic carboxylic acids is 1. The fourth-order valence-corrected chi connectivity index (χ4v) is 3.43. The number of hydrogen-bond acceptors (Lipinski definition) is 2. The standard InChI is InChI=1S/C18H18N2O3/c19-17(23)20-14-8-6-13(7-9-14)18(16(21)22)11-10-15(18)12-4-2-1-3-5-12/h1-9,15H,10-11H2,(H,21,22)(H3,19,20,23).